The van der Waals surface area contributed by atoms with E-state index in [-0.39, 0.29) is 0 Å². The molecule has 0 amide bonds. The van der Waals surface area contributed by atoms with E-state index in [1.54, 1.807) is 0 Å². The molecule has 0 aliphatic carbocycles. The number of allylic oxidation sites excluding steroid dienone is 5. The number of hydrogen-bond donors (Lipinski definition) is 1. The van der Waals surface area contributed by atoms with Gasteiger partial charge >= 0.3 is 0 Å². The van der Waals surface area contributed by atoms with E-state index >= 15 is 0 Å². The van der Waals surface area contributed by atoms with Crippen LogP contribution in [0.4, 0.5) is 0 Å². The lowest BCUT2D eigenvalue weighted by molar-refractivity contribution is 1.10. The van der Waals surface area contributed by atoms with Gasteiger partial charge in [-0.2, -0.15) is 0 Å². The fraction of sp³-hybridized carbons (Fsp3) is 0.273. The monoisotopic (exact) mass is 163 g/mol. The third-order valence-corrected chi connectivity index (χ3v) is 1.32. The van der Waals surface area contributed by atoms with Gasteiger partial charge in [-0.25, -0.2) is 0 Å². The highest BCUT2D eigenvalue weighted by molar-refractivity contribution is 5.40. The zero-order chi connectivity index (χ0) is 9.56. The summed E-state index contributed by atoms with van der Waals surface area (Å²) in [6.07, 6.45) is 5.87. The second kappa shape index (κ2) is 5.42. The van der Waals surface area contributed by atoms with Crippen molar-refractivity contribution < 1.29 is 0 Å². The van der Waals surface area contributed by atoms with Crippen LogP contribution in [0.2, 0.25) is 0 Å². The Morgan fingerprint density at radius 2 is 1.83 bits per heavy atom. The van der Waals surface area contributed by atoms with Crippen LogP contribution in [-0.2, 0) is 0 Å². The molecule has 0 unspecified atom stereocenters. The van der Waals surface area contributed by atoms with Gasteiger partial charge in [0.15, 0.2) is 0 Å². The second-order valence-electron chi connectivity index (χ2n) is 2.85. The van der Waals surface area contributed by atoms with E-state index in [0.717, 1.165) is 16.7 Å². The minimum atomic E-state index is 1.04. The molecule has 0 aromatic carbocycles. The van der Waals surface area contributed by atoms with E-state index in [9.17, 15) is 0 Å². The van der Waals surface area contributed by atoms with E-state index in [1.807, 2.05) is 39.2 Å². The average molecular weight is 163 g/mol. The number of hydrogen-bond acceptors (Lipinski definition) is 1. The Labute approximate surface area is 75.2 Å². The Hall–Kier alpha value is -1.24. The summed E-state index contributed by atoms with van der Waals surface area (Å²) in [7, 11) is 1.87. The van der Waals surface area contributed by atoms with Crippen molar-refractivity contribution in [2.45, 2.75) is 13.8 Å². The van der Waals surface area contributed by atoms with Crippen molar-refractivity contribution in [2.75, 3.05) is 7.05 Å². The van der Waals surface area contributed by atoms with Crippen LogP contribution in [0.1, 0.15) is 13.8 Å². The molecule has 0 heterocycles. The van der Waals surface area contributed by atoms with Gasteiger partial charge in [0.1, 0.15) is 0 Å². The van der Waals surface area contributed by atoms with Crippen LogP contribution < -0.4 is 5.32 Å². The summed E-state index contributed by atoms with van der Waals surface area (Å²) < 4.78 is 0. The van der Waals surface area contributed by atoms with Gasteiger partial charge in [-0.3, -0.25) is 0 Å². The van der Waals surface area contributed by atoms with Crippen molar-refractivity contribution in [3.8, 4) is 0 Å². The third kappa shape index (κ3) is 4.56. The molecule has 0 aromatic heterocycles. The van der Waals surface area contributed by atoms with E-state index in [4.69, 9.17) is 0 Å². The Kier molecular flexibility index (Phi) is 4.86. The first-order valence-corrected chi connectivity index (χ1v) is 3.95. The molecule has 0 rings (SSSR count). The Morgan fingerprint density at radius 1 is 1.25 bits per heavy atom. The van der Waals surface area contributed by atoms with E-state index in [2.05, 4.69) is 18.5 Å². The fourth-order valence-corrected chi connectivity index (χ4v) is 0.752. The summed E-state index contributed by atoms with van der Waals surface area (Å²) in [5, 5.41) is 2.93. The van der Waals surface area contributed by atoms with E-state index in [0.29, 0.717) is 0 Å². The van der Waals surface area contributed by atoms with Gasteiger partial charge in [-0.15, -0.1) is 0 Å². The fourth-order valence-electron chi connectivity index (χ4n) is 0.752. The standard InChI is InChI=1S/C11H17N/c1-9(2)8-11(10(3)4)6-7-12-5/h6-8,12H,1,3H2,2,4-5H3/b7-6-,11-8-. The molecule has 0 aliphatic rings. The molecule has 0 aliphatic heterocycles. The Morgan fingerprint density at radius 3 is 2.17 bits per heavy atom. The molecule has 66 valence electrons. The van der Waals surface area contributed by atoms with Crippen molar-refractivity contribution in [1.82, 2.24) is 5.32 Å². The first kappa shape index (κ1) is 10.8. The summed E-state index contributed by atoms with van der Waals surface area (Å²) in [4.78, 5) is 0. The van der Waals surface area contributed by atoms with Crippen molar-refractivity contribution in [1.29, 1.82) is 0 Å². The van der Waals surface area contributed by atoms with Gasteiger partial charge in [0.05, 0.1) is 0 Å². The minimum Gasteiger partial charge on any atom is -0.394 e. The Bertz CT molecular complexity index is 231. The van der Waals surface area contributed by atoms with E-state index in [1.165, 1.54) is 0 Å². The van der Waals surface area contributed by atoms with Crippen molar-refractivity contribution in [3.05, 3.63) is 48.2 Å². The average Bonchev–Trinajstić information content (AvgIpc) is 1.96. The Balaban J connectivity index is 4.55. The highest BCUT2D eigenvalue weighted by Gasteiger charge is 1.91. The van der Waals surface area contributed by atoms with Crippen molar-refractivity contribution >= 4 is 0 Å². The lowest BCUT2D eigenvalue weighted by Crippen LogP contribution is -1.92. The first-order valence-electron chi connectivity index (χ1n) is 3.95. The first-order chi connectivity index (χ1) is 5.57. The zero-order valence-electron chi connectivity index (χ0n) is 8.15. The quantitative estimate of drug-likeness (QED) is 0.628. The lowest BCUT2D eigenvalue weighted by atomic mass is 10.1. The van der Waals surface area contributed by atoms with Gasteiger partial charge in [0.25, 0.3) is 0 Å². The molecule has 1 N–H and O–H groups in total. The molecule has 0 fully saturated rings. The van der Waals surface area contributed by atoms with Gasteiger partial charge < -0.3 is 5.32 Å². The van der Waals surface area contributed by atoms with Crippen molar-refractivity contribution in [2.24, 2.45) is 0 Å². The zero-order valence-corrected chi connectivity index (χ0v) is 8.15. The van der Waals surface area contributed by atoms with Gasteiger partial charge in [-0.1, -0.05) is 30.4 Å². The maximum absolute atomic E-state index is 3.87. The maximum Gasteiger partial charge on any atom is 0.00277 e. The van der Waals surface area contributed by atoms with Crippen LogP contribution in [0, 0.1) is 0 Å². The molecular weight excluding hydrogens is 146 g/mol. The van der Waals surface area contributed by atoms with Gasteiger partial charge in [0, 0.05) is 7.05 Å². The normalized spacial score (nSPS) is 11.8. The van der Waals surface area contributed by atoms with Crippen LogP contribution >= 0.6 is 0 Å². The molecule has 0 saturated heterocycles. The second-order valence-corrected chi connectivity index (χ2v) is 2.85. The number of rotatable bonds is 4. The van der Waals surface area contributed by atoms with Gasteiger partial charge in [-0.05, 0) is 31.7 Å². The molecule has 0 bridgehead atoms. The van der Waals surface area contributed by atoms with Crippen molar-refractivity contribution in [3.63, 3.8) is 0 Å². The summed E-state index contributed by atoms with van der Waals surface area (Å²) in [5.74, 6) is 0. The summed E-state index contributed by atoms with van der Waals surface area (Å²) in [5.41, 5.74) is 3.19. The lowest BCUT2D eigenvalue weighted by Gasteiger charge is -2.00. The molecule has 0 aromatic rings. The maximum atomic E-state index is 3.87. The van der Waals surface area contributed by atoms with Crippen LogP contribution in [0.15, 0.2) is 48.2 Å². The highest BCUT2D eigenvalue weighted by Crippen LogP contribution is 2.10. The van der Waals surface area contributed by atoms with Crippen LogP contribution in [-0.4, -0.2) is 7.05 Å². The minimum absolute atomic E-state index is 1.04. The molecular formula is C11H17N. The van der Waals surface area contributed by atoms with Gasteiger partial charge in [0.2, 0.25) is 0 Å². The SMILES string of the molecule is C=C(C)/C=C(/C=C\NC)C(=C)C. The molecule has 12 heavy (non-hydrogen) atoms. The molecule has 1 heteroatoms. The largest absolute Gasteiger partial charge is 0.394 e. The summed E-state index contributed by atoms with van der Waals surface area (Å²) >= 11 is 0. The molecule has 0 atom stereocenters. The highest BCUT2D eigenvalue weighted by atomic mass is 14.8. The molecule has 0 radical (unpaired) electrons. The topological polar surface area (TPSA) is 12.0 Å². The predicted octanol–water partition coefficient (Wildman–Crippen LogP) is 2.80. The molecule has 0 spiro atoms. The molecule has 0 saturated carbocycles. The smallest absolute Gasteiger partial charge is 0.00277 e. The third-order valence-electron chi connectivity index (χ3n) is 1.32. The van der Waals surface area contributed by atoms with Crippen LogP contribution in [0.25, 0.3) is 0 Å². The molecule has 1 nitrogen and oxygen atoms in total. The predicted molar refractivity (Wildman–Crippen MR) is 55.9 cm³/mol. The number of nitrogens with one attached hydrogen (secondary N) is 1. The van der Waals surface area contributed by atoms with Crippen LogP contribution in [0.3, 0.4) is 0 Å². The van der Waals surface area contributed by atoms with Crippen LogP contribution in [0.5, 0.6) is 0 Å². The van der Waals surface area contributed by atoms with E-state index < -0.39 is 0 Å². The summed E-state index contributed by atoms with van der Waals surface area (Å²) in [6.45, 7) is 11.6. The summed E-state index contributed by atoms with van der Waals surface area (Å²) in [6, 6.07) is 0.